The van der Waals surface area contributed by atoms with Crippen LogP contribution in [0.15, 0.2) is 33.6 Å². The van der Waals surface area contributed by atoms with Gasteiger partial charge in [-0.1, -0.05) is 11.6 Å². The molecule has 0 atom stereocenters. The smallest absolute Gasteiger partial charge is 0.263 e. The Balaban J connectivity index is 2.31. The summed E-state index contributed by atoms with van der Waals surface area (Å²) in [4.78, 5) is 2.05. The van der Waals surface area contributed by atoms with E-state index in [1.807, 2.05) is 7.05 Å². The van der Waals surface area contributed by atoms with Crippen molar-refractivity contribution in [3.63, 3.8) is 0 Å². The number of sulfonamides is 1. The maximum absolute atomic E-state index is 12.5. The molecule has 1 aromatic heterocycles. The molecule has 0 fully saturated rings. The first-order chi connectivity index (χ1) is 9.83. The Morgan fingerprint density at radius 3 is 2.67 bits per heavy atom. The Labute approximate surface area is 141 Å². The Morgan fingerprint density at radius 1 is 1.33 bits per heavy atom. The van der Waals surface area contributed by atoms with Gasteiger partial charge in [0.25, 0.3) is 10.0 Å². The number of aryl methyl sites for hydroxylation is 1. The molecule has 2 rings (SSSR count). The standard InChI is InChI=1S/C13H14BrClN2O2S2/c1-8-13(6-10(20-8)7-16-2)21(18,19)17-9-3-4-12(15)11(14)5-9/h3-6,16-17H,7H2,1-2H3. The van der Waals surface area contributed by atoms with Crippen LogP contribution < -0.4 is 10.0 Å². The van der Waals surface area contributed by atoms with Gasteiger partial charge in [-0.3, -0.25) is 4.72 Å². The first-order valence-corrected chi connectivity index (χ1v) is 9.52. The number of anilines is 1. The van der Waals surface area contributed by atoms with Crippen LogP contribution in [0.25, 0.3) is 0 Å². The van der Waals surface area contributed by atoms with E-state index in [1.165, 1.54) is 11.3 Å². The average molecular weight is 410 g/mol. The lowest BCUT2D eigenvalue weighted by atomic mass is 10.3. The van der Waals surface area contributed by atoms with Gasteiger partial charge in [-0.05, 0) is 54.2 Å². The van der Waals surface area contributed by atoms with E-state index in [2.05, 4.69) is 26.0 Å². The molecule has 2 aromatic rings. The van der Waals surface area contributed by atoms with Crippen LogP contribution in [0.5, 0.6) is 0 Å². The number of thiophene rings is 1. The van der Waals surface area contributed by atoms with Crippen molar-refractivity contribution in [2.24, 2.45) is 0 Å². The normalized spacial score (nSPS) is 11.6. The number of halogens is 2. The summed E-state index contributed by atoms with van der Waals surface area (Å²) in [5, 5.41) is 3.54. The molecule has 0 bridgehead atoms. The molecule has 8 heteroatoms. The van der Waals surface area contributed by atoms with E-state index < -0.39 is 10.0 Å². The van der Waals surface area contributed by atoms with Crippen LogP contribution in [-0.2, 0) is 16.6 Å². The van der Waals surface area contributed by atoms with Gasteiger partial charge >= 0.3 is 0 Å². The number of hydrogen-bond acceptors (Lipinski definition) is 4. The van der Waals surface area contributed by atoms with Crippen LogP contribution >= 0.6 is 38.9 Å². The van der Waals surface area contributed by atoms with Crippen molar-refractivity contribution in [3.05, 3.63) is 43.5 Å². The maximum Gasteiger partial charge on any atom is 0.263 e. The van der Waals surface area contributed by atoms with Gasteiger partial charge < -0.3 is 5.32 Å². The summed E-state index contributed by atoms with van der Waals surface area (Å²) in [6.45, 7) is 2.45. The van der Waals surface area contributed by atoms with Gasteiger partial charge in [-0.15, -0.1) is 11.3 Å². The fraction of sp³-hybridized carbons (Fsp3) is 0.231. The number of hydrogen-bond donors (Lipinski definition) is 2. The molecule has 0 saturated carbocycles. The first kappa shape index (κ1) is 16.8. The van der Waals surface area contributed by atoms with Crippen LogP contribution in [0.3, 0.4) is 0 Å². The van der Waals surface area contributed by atoms with E-state index in [0.29, 0.717) is 26.6 Å². The van der Waals surface area contributed by atoms with Crippen molar-refractivity contribution in [1.82, 2.24) is 5.32 Å². The van der Waals surface area contributed by atoms with E-state index >= 15 is 0 Å². The molecule has 21 heavy (non-hydrogen) atoms. The van der Waals surface area contributed by atoms with Crippen LogP contribution in [0, 0.1) is 6.92 Å². The van der Waals surface area contributed by atoms with Crippen LogP contribution in [0.2, 0.25) is 5.02 Å². The van der Waals surface area contributed by atoms with Crippen molar-refractivity contribution < 1.29 is 8.42 Å². The highest BCUT2D eigenvalue weighted by molar-refractivity contribution is 9.10. The molecule has 0 unspecified atom stereocenters. The average Bonchev–Trinajstić information content (AvgIpc) is 2.76. The lowest BCUT2D eigenvalue weighted by Crippen LogP contribution is -2.13. The number of nitrogens with one attached hydrogen (secondary N) is 2. The molecular weight excluding hydrogens is 396 g/mol. The first-order valence-electron chi connectivity index (χ1n) is 6.05. The molecular formula is C13H14BrClN2O2S2. The largest absolute Gasteiger partial charge is 0.315 e. The highest BCUT2D eigenvalue weighted by Gasteiger charge is 2.20. The molecule has 1 aromatic carbocycles. The fourth-order valence-corrected chi connectivity index (χ4v) is 5.02. The molecule has 0 amide bonds. The summed E-state index contributed by atoms with van der Waals surface area (Å²) < 4.78 is 28.1. The molecule has 0 aliphatic carbocycles. The molecule has 0 aliphatic heterocycles. The van der Waals surface area contributed by atoms with Crippen LogP contribution in [0.1, 0.15) is 9.75 Å². The minimum atomic E-state index is -3.60. The Kier molecular flexibility index (Phi) is 5.32. The highest BCUT2D eigenvalue weighted by Crippen LogP contribution is 2.30. The van der Waals surface area contributed by atoms with Crippen molar-refractivity contribution in [2.45, 2.75) is 18.4 Å². The number of benzene rings is 1. The molecule has 0 radical (unpaired) electrons. The zero-order valence-corrected chi connectivity index (χ0v) is 15.4. The second kappa shape index (κ2) is 6.66. The van der Waals surface area contributed by atoms with Crippen molar-refractivity contribution in [2.75, 3.05) is 11.8 Å². The second-order valence-corrected chi connectivity index (χ2v) is 8.65. The highest BCUT2D eigenvalue weighted by atomic mass is 79.9. The number of rotatable bonds is 5. The Morgan fingerprint density at radius 2 is 2.05 bits per heavy atom. The van der Waals surface area contributed by atoms with E-state index in [9.17, 15) is 8.42 Å². The molecule has 2 N–H and O–H groups in total. The summed E-state index contributed by atoms with van der Waals surface area (Å²) in [6, 6.07) is 6.59. The fourth-order valence-electron chi connectivity index (χ4n) is 1.82. The van der Waals surface area contributed by atoms with Crippen molar-refractivity contribution in [3.8, 4) is 0 Å². The summed E-state index contributed by atoms with van der Waals surface area (Å²) >= 11 is 10.6. The van der Waals surface area contributed by atoms with Crippen molar-refractivity contribution in [1.29, 1.82) is 0 Å². The van der Waals surface area contributed by atoms with E-state index in [-0.39, 0.29) is 0 Å². The minimum absolute atomic E-state index is 0.309. The Hall–Kier alpha value is -0.600. The van der Waals surface area contributed by atoms with Gasteiger partial charge in [0.2, 0.25) is 0 Å². The summed E-state index contributed by atoms with van der Waals surface area (Å²) in [7, 11) is -1.78. The van der Waals surface area contributed by atoms with Gasteiger partial charge in [0.15, 0.2) is 0 Å². The van der Waals surface area contributed by atoms with E-state index in [1.54, 1.807) is 31.2 Å². The predicted molar refractivity (Wildman–Crippen MR) is 91.8 cm³/mol. The van der Waals surface area contributed by atoms with E-state index in [0.717, 1.165) is 9.75 Å². The molecule has 0 spiro atoms. The zero-order chi connectivity index (χ0) is 15.6. The predicted octanol–water partition coefficient (Wildman–Crippen LogP) is 3.99. The monoisotopic (exact) mass is 408 g/mol. The van der Waals surface area contributed by atoms with Gasteiger partial charge in [0.1, 0.15) is 4.90 Å². The third kappa shape index (κ3) is 3.98. The second-order valence-electron chi connectivity index (χ2n) is 4.40. The summed E-state index contributed by atoms with van der Waals surface area (Å²) in [5.74, 6) is 0. The molecule has 0 saturated heterocycles. The maximum atomic E-state index is 12.5. The third-order valence-electron chi connectivity index (χ3n) is 2.74. The topological polar surface area (TPSA) is 58.2 Å². The van der Waals surface area contributed by atoms with Gasteiger partial charge in [-0.25, -0.2) is 8.42 Å². The zero-order valence-electron chi connectivity index (χ0n) is 11.4. The van der Waals surface area contributed by atoms with Gasteiger partial charge in [0, 0.05) is 20.8 Å². The lowest BCUT2D eigenvalue weighted by molar-refractivity contribution is 0.601. The molecule has 0 aliphatic rings. The summed E-state index contributed by atoms with van der Waals surface area (Å²) in [6.07, 6.45) is 0. The molecule has 1 heterocycles. The van der Waals surface area contributed by atoms with Gasteiger partial charge in [-0.2, -0.15) is 0 Å². The molecule has 114 valence electrons. The SMILES string of the molecule is CNCc1cc(S(=O)(=O)Nc2ccc(Cl)c(Br)c2)c(C)s1. The summed E-state index contributed by atoms with van der Waals surface area (Å²) in [5.41, 5.74) is 0.465. The lowest BCUT2D eigenvalue weighted by Gasteiger charge is -2.08. The quantitative estimate of drug-likeness (QED) is 0.785. The molecule has 4 nitrogen and oxygen atoms in total. The van der Waals surface area contributed by atoms with Gasteiger partial charge in [0.05, 0.1) is 10.7 Å². The van der Waals surface area contributed by atoms with Crippen LogP contribution in [0.4, 0.5) is 5.69 Å². The van der Waals surface area contributed by atoms with Crippen molar-refractivity contribution >= 4 is 54.6 Å². The minimum Gasteiger partial charge on any atom is -0.315 e. The third-order valence-corrected chi connectivity index (χ3v) is 6.64. The van der Waals surface area contributed by atoms with E-state index in [4.69, 9.17) is 11.6 Å². The van der Waals surface area contributed by atoms with Crippen LogP contribution in [-0.4, -0.2) is 15.5 Å². The Bertz CT molecular complexity index is 760.